The lowest BCUT2D eigenvalue weighted by atomic mass is 9.85. The van der Waals surface area contributed by atoms with Crippen LogP contribution in [0.3, 0.4) is 0 Å². The van der Waals surface area contributed by atoms with Gasteiger partial charge in [-0.3, -0.25) is 0 Å². The molecule has 0 saturated heterocycles. The van der Waals surface area contributed by atoms with E-state index in [0.29, 0.717) is 18.6 Å². The van der Waals surface area contributed by atoms with E-state index in [9.17, 15) is 5.11 Å². The topological polar surface area (TPSA) is 41.5 Å². The van der Waals surface area contributed by atoms with Crippen LogP contribution in [-0.4, -0.2) is 30.4 Å². The summed E-state index contributed by atoms with van der Waals surface area (Å²) in [5.74, 6) is 1.37. The Balaban J connectivity index is 1.53. The Morgan fingerprint density at radius 1 is 1.30 bits per heavy atom. The molecule has 1 aromatic carbocycles. The fourth-order valence-electron chi connectivity index (χ4n) is 3.38. The molecule has 0 spiro atoms. The SMILES string of the molecule is OCC1CCCCC1NCC1Cc2cc(Cl)ccc2O1. The molecule has 0 bridgehead atoms. The lowest BCUT2D eigenvalue weighted by Gasteiger charge is -2.31. The first-order valence-electron chi connectivity index (χ1n) is 7.55. The molecular weight excluding hydrogens is 274 g/mol. The van der Waals surface area contributed by atoms with E-state index in [4.69, 9.17) is 16.3 Å². The van der Waals surface area contributed by atoms with Crippen molar-refractivity contribution in [1.82, 2.24) is 5.32 Å². The Morgan fingerprint density at radius 2 is 2.15 bits per heavy atom. The molecule has 3 nitrogen and oxygen atoms in total. The Bertz CT molecular complexity index is 466. The molecule has 1 aromatic rings. The van der Waals surface area contributed by atoms with Crippen LogP contribution in [0.2, 0.25) is 5.02 Å². The molecule has 3 atom stereocenters. The normalized spacial score (nSPS) is 29.0. The summed E-state index contributed by atoms with van der Waals surface area (Å²) >= 11 is 6.01. The van der Waals surface area contributed by atoms with Crippen molar-refractivity contribution in [2.75, 3.05) is 13.2 Å². The summed E-state index contributed by atoms with van der Waals surface area (Å²) in [4.78, 5) is 0. The molecular formula is C16H22ClNO2. The highest BCUT2D eigenvalue weighted by Gasteiger charge is 2.27. The van der Waals surface area contributed by atoms with Gasteiger partial charge in [0.05, 0.1) is 0 Å². The minimum absolute atomic E-state index is 0.185. The minimum Gasteiger partial charge on any atom is -0.488 e. The van der Waals surface area contributed by atoms with Crippen LogP contribution in [0.4, 0.5) is 0 Å². The van der Waals surface area contributed by atoms with Gasteiger partial charge in [0.1, 0.15) is 11.9 Å². The first-order chi connectivity index (χ1) is 9.76. The third-order valence-electron chi connectivity index (χ3n) is 4.52. The van der Waals surface area contributed by atoms with Gasteiger partial charge in [-0.2, -0.15) is 0 Å². The minimum atomic E-state index is 0.185. The van der Waals surface area contributed by atoms with Crippen LogP contribution in [0.15, 0.2) is 18.2 Å². The Kier molecular flexibility index (Phi) is 4.49. The van der Waals surface area contributed by atoms with Crippen molar-refractivity contribution < 1.29 is 9.84 Å². The van der Waals surface area contributed by atoms with Gasteiger partial charge in [0, 0.05) is 30.6 Å². The monoisotopic (exact) mass is 295 g/mol. The molecule has 3 unspecified atom stereocenters. The fourth-order valence-corrected chi connectivity index (χ4v) is 3.58. The lowest BCUT2D eigenvalue weighted by molar-refractivity contribution is 0.140. The standard InChI is InChI=1S/C16H22ClNO2/c17-13-5-6-16-12(7-13)8-14(20-16)9-18-15-4-2-1-3-11(15)10-19/h5-7,11,14-15,18-19H,1-4,8-10H2. The van der Waals surface area contributed by atoms with E-state index >= 15 is 0 Å². The van der Waals surface area contributed by atoms with E-state index in [1.54, 1.807) is 0 Å². The van der Waals surface area contributed by atoms with Gasteiger partial charge in [-0.1, -0.05) is 24.4 Å². The van der Waals surface area contributed by atoms with Crippen molar-refractivity contribution in [1.29, 1.82) is 0 Å². The van der Waals surface area contributed by atoms with Gasteiger partial charge in [-0.15, -0.1) is 0 Å². The number of halogens is 1. The second-order valence-corrected chi connectivity index (χ2v) is 6.37. The van der Waals surface area contributed by atoms with Gasteiger partial charge in [0.2, 0.25) is 0 Å². The molecule has 1 fully saturated rings. The highest BCUT2D eigenvalue weighted by Crippen LogP contribution is 2.31. The smallest absolute Gasteiger partial charge is 0.123 e. The molecule has 3 rings (SSSR count). The van der Waals surface area contributed by atoms with Gasteiger partial charge < -0.3 is 15.2 Å². The maximum atomic E-state index is 9.44. The predicted molar refractivity (Wildman–Crippen MR) is 80.4 cm³/mol. The summed E-state index contributed by atoms with van der Waals surface area (Å²) in [6.45, 7) is 1.13. The van der Waals surface area contributed by atoms with Crippen molar-refractivity contribution >= 4 is 11.6 Å². The molecule has 1 aliphatic heterocycles. The number of fused-ring (bicyclic) bond motifs is 1. The van der Waals surface area contributed by atoms with Gasteiger partial charge in [0.15, 0.2) is 0 Å². The van der Waals surface area contributed by atoms with E-state index in [2.05, 4.69) is 5.32 Å². The van der Waals surface area contributed by atoms with E-state index in [1.165, 1.54) is 18.4 Å². The molecule has 20 heavy (non-hydrogen) atoms. The summed E-state index contributed by atoms with van der Waals surface area (Å²) in [5, 5.41) is 13.8. The Labute approximate surface area is 125 Å². The maximum absolute atomic E-state index is 9.44. The Hall–Kier alpha value is -0.770. The van der Waals surface area contributed by atoms with Crippen molar-refractivity contribution in [2.45, 2.75) is 44.2 Å². The number of benzene rings is 1. The van der Waals surface area contributed by atoms with Crippen LogP contribution in [0.1, 0.15) is 31.2 Å². The zero-order valence-corrected chi connectivity index (χ0v) is 12.4. The van der Waals surface area contributed by atoms with E-state index in [0.717, 1.165) is 36.6 Å². The zero-order chi connectivity index (χ0) is 13.9. The van der Waals surface area contributed by atoms with Crippen molar-refractivity contribution in [2.24, 2.45) is 5.92 Å². The van der Waals surface area contributed by atoms with E-state index in [1.807, 2.05) is 18.2 Å². The van der Waals surface area contributed by atoms with Gasteiger partial charge in [-0.25, -0.2) is 0 Å². The van der Waals surface area contributed by atoms with Crippen LogP contribution in [0, 0.1) is 5.92 Å². The van der Waals surface area contributed by atoms with Gasteiger partial charge in [-0.05, 0) is 42.5 Å². The van der Waals surface area contributed by atoms with Crippen molar-refractivity contribution in [3.8, 4) is 5.75 Å². The average molecular weight is 296 g/mol. The Morgan fingerprint density at radius 3 is 3.00 bits per heavy atom. The molecule has 2 aliphatic rings. The molecule has 0 aromatic heterocycles. The average Bonchev–Trinajstić information content (AvgIpc) is 2.87. The molecule has 1 aliphatic carbocycles. The molecule has 0 amide bonds. The number of aliphatic hydroxyl groups is 1. The second kappa shape index (κ2) is 6.33. The third kappa shape index (κ3) is 3.11. The predicted octanol–water partition coefficient (Wildman–Crippen LogP) is 2.78. The van der Waals surface area contributed by atoms with E-state index < -0.39 is 0 Å². The van der Waals surface area contributed by atoms with Crippen LogP contribution in [0.25, 0.3) is 0 Å². The van der Waals surface area contributed by atoms with Crippen LogP contribution >= 0.6 is 11.6 Å². The number of hydrogen-bond donors (Lipinski definition) is 2. The second-order valence-electron chi connectivity index (χ2n) is 5.94. The number of hydrogen-bond acceptors (Lipinski definition) is 3. The first-order valence-corrected chi connectivity index (χ1v) is 7.93. The van der Waals surface area contributed by atoms with Crippen LogP contribution in [-0.2, 0) is 6.42 Å². The molecule has 110 valence electrons. The summed E-state index contributed by atoms with van der Waals surface area (Å²) < 4.78 is 5.94. The summed E-state index contributed by atoms with van der Waals surface area (Å²) in [5.41, 5.74) is 1.20. The van der Waals surface area contributed by atoms with Crippen LogP contribution < -0.4 is 10.1 Å². The first kappa shape index (κ1) is 14.2. The molecule has 4 heteroatoms. The molecule has 0 radical (unpaired) electrons. The van der Waals surface area contributed by atoms with Crippen LogP contribution in [0.5, 0.6) is 5.75 Å². The third-order valence-corrected chi connectivity index (χ3v) is 4.75. The van der Waals surface area contributed by atoms with Crippen molar-refractivity contribution in [3.05, 3.63) is 28.8 Å². The number of rotatable bonds is 4. The van der Waals surface area contributed by atoms with Gasteiger partial charge in [0.25, 0.3) is 0 Å². The highest BCUT2D eigenvalue weighted by atomic mass is 35.5. The number of nitrogens with one attached hydrogen (secondary N) is 1. The number of aliphatic hydroxyl groups excluding tert-OH is 1. The summed E-state index contributed by atoms with van der Waals surface area (Å²) in [6, 6.07) is 6.26. The number of ether oxygens (including phenoxy) is 1. The lowest BCUT2D eigenvalue weighted by Crippen LogP contribution is -2.44. The highest BCUT2D eigenvalue weighted by molar-refractivity contribution is 6.30. The van der Waals surface area contributed by atoms with Gasteiger partial charge >= 0.3 is 0 Å². The molecule has 1 saturated carbocycles. The quantitative estimate of drug-likeness (QED) is 0.897. The largest absolute Gasteiger partial charge is 0.488 e. The molecule has 1 heterocycles. The zero-order valence-electron chi connectivity index (χ0n) is 11.6. The maximum Gasteiger partial charge on any atom is 0.123 e. The van der Waals surface area contributed by atoms with Crippen molar-refractivity contribution in [3.63, 3.8) is 0 Å². The fraction of sp³-hybridized carbons (Fsp3) is 0.625. The summed E-state index contributed by atoms with van der Waals surface area (Å²) in [6.07, 6.45) is 5.90. The summed E-state index contributed by atoms with van der Waals surface area (Å²) in [7, 11) is 0. The van der Waals surface area contributed by atoms with E-state index in [-0.39, 0.29) is 6.10 Å². The molecule has 2 N–H and O–H groups in total.